The molecule has 3 rings (SSSR count). The predicted octanol–water partition coefficient (Wildman–Crippen LogP) is 3.71. The first-order valence-corrected chi connectivity index (χ1v) is 7.96. The van der Waals surface area contributed by atoms with Gasteiger partial charge in [-0.1, -0.05) is 11.6 Å². The fourth-order valence-electron chi connectivity index (χ4n) is 2.86. The first kappa shape index (κ1) is 15.5. The lowest BCUT2D eigenvalue weighted by Gasteiger charge is -2.32. The highest BCUT2D eigenvalue weighted by molar-refractivity contribution is 6.30. The number of nitriles is 1. The van der Waals surface area contributed by atoms with Gasteiger partial charge in [0.2, 0.25) is 0 Å². The summed E-state index contributed by atoms with van der Waals surface area (Å²) in [5.41, 5.74) is 1.28. The van der Waals surface area contributed by atoms with Crippen LogP contribution in [-0.2, 0) is 0 Å². The summed E-state index contributed by atoms with van der Waals surface area (Å²) in [5, 5.41) is 9.45. The zero-order chi connectivity index (χ0) is 16.2. The molecular weight excluding hydrogens is 310 g/mol. The third-order valence-corrected chi connectivity index (χ3v) is 4.45. The van der Waals surface area contributed by atoms with Crippen LogP contribution in [0.2, 0.25) is 5.02 Å². The lowest BCUT2D eigenvalue weighted by atomic mass is 9.89. The SMILES string of the molecule is N#Cc1ccc(N2CCC(C(=O)c3ccc(Cl)cc3)CC2)nc1. The summed E-state index contributed by atoms with van der Waals surface area (Å²) in [6.07, 6.45) is 3.20. The molecule has 1 aliphatic heterocycles. The van der Waals surface area contributed by atoms with E-state index in [2.05, 4.69) is 16.0 Å². The number of hydrogen-bond donors (Lipinski definition) is 0. The maximum absolute atomic E-state index is 12.5. The molecule has 0 atom stereocenters. The summed E-state index contributed by atoms with van der Waals surface area (Å²) in [6, 6.07) is 12.8. The number of anilines is 1. The second-order valence-electron chi connectivity index (χ2n) is 5.65. The van der Waals surface area contributed by atoms with Crippen molar-refractivity contribution in [2.24, 2.45) is 5.92 Å². The Morgan fingerprint density at radius 3 is 2.43 bits per heavy atom. The zero-order valence-electron chi connectivity index (χ0n) is 12.6. The Bertz CT molecular complexity index is 726. The van der Waals surface area contributed by atoms with Crippen LogP contribution in [0.4, 0.5) is 5.82 Å². The number of aromatic nitrogens is 1. The Morgan fingerprint density at radius 2 is 1.87 bits per heavy atom. The van der Waals surface area contributed by atoms with Gasteiger partial charge in [-0.25, -0.2) is 4.98 Å². The van der Waals surface area contributed by atoms with Gasteiger partial charge >= 0.3 is 0 Å². The quantitative estimate of drug-likeness (QED) is 0.807. The molecule has 0 saturated carbocycles. The molecule has 1 aliphatic rings. The minimum Gasteiger partial charge on any atom is -0.357 e. The van der Waals surface area contributed by atoms with Crippen LogP contribution in [0.15, 0.2) is 42.6 Å². The van der Waals surface area contributed by atoms with Crippen molar-refractivity contribution in [2.45, 2.75) is 12.8 Å². The van der Waals surface area contributed by atoms with Gasteiger partial charge in [0.25, 0.3) is 0 Å². The Morgan fingerprint density at radius 1 is 1.17 bits per heavy atom. The van der Waals surface area contributed by atoms with Crippen LogP contribution in [0.1, 0.15) is 28.8 Å². The number of nitrogens with zero attached hydrogens (tertiary/aromatic N) is 3. The molecule has 2 aromatic rings. The smallest absolute Gasteiger partial charge is 0.166 e. The molecule has 0 unspecified atom stereocenters. The van der Waals surface area contributed by atoms with Crippen LogP contribution in [0, 0.1) is 17.2 Å². The second kappa shape index (κ2) is 6.80. The van der Waals surface area contributed by atoms with E-state index in [0.29, 0.717) is 10.6 Å². The van der Waals surface area contributed by atoms with Crippen molar-refractivity contribution < 1.29 is 4.79 Å². The molecule has 1 aromatic carbocycles. The van der Waals surface area contributed by atoms with Gasteiger partial charge in [0.15, 0.2) is 5.78 Å². The third-order valence-electron chi connectivity index (χ3n) is 4.20. The van der Waals surface area contributed by atoms with Gasteiger partial charge < -0.3 is 4.90 Å². The van der Waals surface area contributed by atoms with E-state index >= 15 is 0 Å². The molecule has 0 radical (unpaired) electrons. The van der Waals surface area contributed by atoms with Crippen molar-refractivity contribution in [3.05, 3.63) is 58.7 Å². The fraction of sp³-hybridized carbons (Fsp3) is 0.278. The van der Waals surface area contributed by atoms with Crippen LogP contribution < -0.4 is 4.90 Å². The van der Waals surface area contributed by atoms with E-state index in [-0.39, 0.29) is 11.7 Å². The van der Waals surface area contributed by atoms with E-state index < -0.39 is 0 Å². The summed E-state index contributed by atoms with van der Waals surface area (Å²) in [7, 11) is 0. The lowest BCUT2D eigenvalue weighted by molar-refractivity contribution is 0.0900. The monoisotopic (exact) mass is 325 g/mol. The van der Waals surface area contributed by atoms with Crippen molar-refractivity contribution in [3.8, 4) is 6.07 Å². The second-order valence-corrected chi connectivity index (χ2v) is 6.09. The van der Waals surface area contributed by atoms with Gasteiger partial charge in [-0.2, -0.15) is 5.26 Å². The van der Waals surface area contributed by atoms with Crippen LogP contribution >= 0.6 is 11.6 Å². The standard InChI is InChI=1S/C18H16ClN3O/c19-16-4-2-14(3-5-16)18(23)15-7-9-22(10-8-15)17-6-1-13(11-20)12-21-17/h1-6,12,15H,7-10H2. The Hall–Kier alpha value is -2.38. The maximum Gasteiger partial charge on any atom is 0.166 e. The normalized spacial score (nSPS) is 15.2. The van der Waals surface area contributed by atoms with E-state index in [1.165, 1.54) is 0 Å². The van der Waals surface area contributed by atoms with Gasteiger partial charge in [-0.05, 0) is 49.2 Å². The molecule has 0 bridgehead atoms. The Balaban J connectivity index is 1.62. The molecule has 2 heterocycles. The van der Waals surface area contributed by atoms with Gasteiger partial charge in [-0.15, -0.1) is 0 Å². The number of rotatable bonds is 3. The van der Waals surface area contributed by atoms with E-state index in [4.69, 9.17) is 16.9 Å². The average molecular weight is 326 g/mol. The van der Waals surface area contributed by atoms with Gasteiger partial charge in [0, 0.05) is 35.8 Å². The molecule has 0 amide bonds. The van der Waals surface area contributed by atoms with Crippen molar-refractivity contribution >= 4 is 23.2 Å². The zero-order valence-corrected chi connectivity index (χ0v) is 13.3. The minimum absolute atomic E-state index is 0.0470. The number of hydrogen-bond acceptors (Lipinski definition) is 4. The van der Waals surface area contributed by atoms with Crippen molar-refractivity contribution in [1.82, 2.24) is 4.98 Å². The Labute approximate surface area is 140 Å². The Kier molecular flexibility index (Phi) is 4.59. The van der Waals surface area contributed by atoms with Crippen molar-refractivity contribution in [1.29, 1.82) is 5.26 Å². The predicted molar refractivity (Wildman–Crippen MR) is 89.7 cm³/mol. The van der Waals surface area contributed by atoms with Crippen LogP contribution in [0.5, 0.6) is 0 Å². The molecule has 0 spiro atoms. The number of piperidine rings is 1. The number of benzene rings is 1. The van der Waals surface area contributed by atoms with Gasteiger partial charge in [-0.3, -0.25) is 4.79 Å². The number of pyridine rings is 1. The summed E-state index contributed by atoms with van der Waals surface area (Å²) < 4.78 is 0. The molecule has 1 aromatic heterocycles. The molecule has 1 saturated heterocycles. The first-order chi connectivity index (χ1) is 11.2. The highest BCUT2D eigenvalue weighted by Crippen LogP contribution is 2.25. The van der Waals surface area contributed by atoms with Crippen molar-refractivity contribution in [2.75, 3.05) is 18.0 Å². The summed E-state index contributed by atoms with van der Waals surface area (Å²) in [4.78, 5) is 19.0. The molecular formula is C18H16ClN3O. The van der Waals surface area contributed by atoms with Gasteiger partial charge in [0.05, 0.1) is 5.56 Å². The number of Topliss-reactive ketones (excluding diaryl/α,β-unsaturated/α-hetero) is 1. The summed E-state index contributed by atoms with van der Waals surface area (Å²) >= 11 is 5.87. The fourth-order valence-corrected chi connectivity index (χ4v) is 2.99. The largest absolute Gasteiger partial charge is 0.357 e. The highest BCUT2D eigenvalue weighted by Gasteiger charge is 2.26. The number of carbonyl (C=O) groups is 1. The van der Waals surface area contributed by atoms with Crippen molar-refractivity contribution in [3.63, 3.8) is 0 Å². The number of ketones is 1. The van der Waals surface area contributed by atoms with E-state index in [1.54, 1.807) is 36.5 Å². The highest BCUT2D eigenvalue weighted by atomic mass is 35.5. The molecule has 116 valence electrons. The van der Waals surface area contributed by atoms with Gasteiger partial charge in [0.1, 0.15) is 11.9 Å². The summed E-state index contributed by atoms with van der Waals surface area (Å²) in [5.74, 6) is 1.10. The topological polar surface area (TPSA) is 57.0 Å². The number of halogens is 1. The first-order valence-electron chi connectivity index (χ1n) is 7.58. The average Bonchev–Trinajstić information content (AvgIpc) is 2.62. The minimum atomic E-state index is 0.0470. The van der Waals surface area contributed by atoms with Crippen LogP contribution in [-0.4, -0.2) is 23.9 Å². The van der Waals surface area contributed by atoms with E-state index in [9.17, 15) is 4.79 Å². The molecule has 0 aliphatic carbocycles. The van der Waals surface area contributed by atoms with E-state index in [0.717, 1.165) is 37.3 Å². The van der Waals surface area contributed by atoms with Crippen LogP contribution in [0.3, 0.4) is 0 Å². The molecule has 23 heavy (non-hydrogen) atoms. The van der Waals surface area contributed by atoms with Crippen LogP contribution in [0.25, 0.3) is 0 Å². The molecule has 1 fully saturated rings. The number of carbonyl (C=O) groups excluding carboxylic acids is 1. The lowest BCUT2D eigenvalue weighted by Crippen LogP contribution is -2.36. The molecule has 0 N–H and O–H groups in total. The maximum atomic E-state index is 12.5. The summed E-state index contributed by atoms with van der Waals surface area (Å²) in [6.45, 7) is 1.59. The molecule has 5 heteroatoms. The third kappa shape index (κ3) is 3.52. The molecule has 4 nitrogen and oxygen atoms in total. The van der Waals surface area contributed by atoms with E-state index in [1.807, 2.05) is 6.07 Å².